The molecule has 0 saturated heterocycles. The Labute approximate surface area is 51.4 Å². The Morgan fingerprint density at radius 2 is 2.38 bits per heavy atom. The molecule has 0 N–H and O–H groups in total. The quantitative estimate of drug-likeness (QED) is 0.509. The van der Waals surface area contributed by atoms with E-state index in [1.807, 2.05) is 6.92 Å². The topological polar surface area (TPSA) is 9.23 Å². The van der Waals surface area contributed by atoms with Crippen LogP contribution in [0.1, 0.15) is 20.3 Å². The SMILES string of the molecule is [CH2]OCC/C(C)=C/C. The van der Waals surface area contributed by atoms with Gasteiger partial charge in [0.2, 0.25) is 0 Å². The van der Waals surface area contributed by atoms with Crippen LogP contribution in [0.4, 0.5) is 0 Å². The van der Waals surface area contributed by atoms with Crippen LogP contribution in [0, 0.1) is 7.11 Å². The highest BCUT2D eigenvalue weighted by Crippen LogP contribution is 1.97. The van der Waals surface area contributed by atoms with Gasteiger partial charge < -0.3 is 4.74 Å². The largest absolute Gasteiger partial charge is 0.379 e. The highest BCUT2D eigenvalue weighted by Gasteiger charge is 1.84. The Balaban J connectivity index is 3.12. The van der Waals surface area contributed by atoms with Crippen LogP contribution in [0.3, 0.4) is 0 Å². The van der Waals surface area contributed by atoms with Gasteiger partial charge in [-0.15, -0.1) is 0 Å². The molecule has 0 aliphatic heterocycles. The van der Waals surface area contributed by atoms with Crippen LogP contribution in [-0.2, 0) is 4.74 Å². The highest BCUT2D eigenvalue weighted by molar-refractivity contribution is 4.94. The molecule has 0 aliphatic rings. The van der Waals surface area contributed by atoms with Gasteiger partial charge in [0.15, 0.2) is 0 Å². The average molecular weight is 113 g/mol. The van der Waals surface area contributed by atoms with Crippen LogP contribution < -0.4 is 0 Å². The third-order valence-electron chi connectivity index (χ3n) is 1.13. The van der Waals surface area contributed by atoms with Gasteiger partial charge in [-0.1, -0.05) is 11.6 Å². The van der Waals surface area contributed by atoms with Crippen molar-refractivity contribution in [3.63, 3.8) is 0 Å². The van der Waals surface area contributed by atoms with Crippen molar-refractivity contribution in [1.82, 2.24) is 0 Å². The van der Waals surface area contributed by atoms with Gasteiger partial charge in [-0.3, -0.25) is 0 Å². The summed E-state index contributed by atoms with van der Waals surface area (Å²) in [6.07, 6.45) is 3.08. The molecule has 0 aromatic carbocycles. The van der Waals surface area contributed by atoms with Crippen LogP contribution in [0.2, 0.25) is 0 Å². The minimum atomic E-state index is 0.732. The second-order valence-corrected chi connectivity index (χ2v) is 1.79. The maximum Gasteiger partial charge on any atom is 0.0700 e. The molecule has 8 heavy (non-hydrogen) atoms. The summed E-state index contributed by atoms with van der Waals surface area (Å²) in [5.74, 6) is 0. The van der Waals surface area contributed by atoms with E-state index in [0.717, 1.165) is 13.0 Å². The lowest BCUT2D eigenvalue weighted by Gasteiger charge is -1.95. The third-order valence-corrected chi connectivity index (χ3v) is 1.13. The molecule has 0 amide bonds. The van der Waals surface area contributed by atoms with Crippen molar-refractivity contribution in [3.8, 4) is 0 Å². The Morgan fingerprint density at radius 1 is 1.75 bits per heavy atom. The van der Waals surface area contributed by atoms with Crippen LogP contribution in [0.5, 0.6) is 0 Å². The van der Waals surface area contributed by atoms with E-state index in [0.29, 0.717) is 0 Å². The van der Waals surface area contributed by atoms with Gasteiger partial charge in [0, 0.05) is 0 Å². The van der Waals surface area contributed by atoms with Crippen LogP contribution in [0.15, 0.2) is 11.6 Å². The highest BCUT2D eigenvalue weighted by atomic mass is 16.5. The van der Waals surface area contributed by atoms with E-state index >= 15 is 0 Å². The fourth-order valence-electron chi connectivity index (χ4n) is 0.377. The van der Waals surface area contributed by atoms with Crippen molar-refractivity contribution in [1.29, 1.82) is 0 Å². The van der Waals surface area contributed by atoms with E-state index in [2.05, 4.69) is 24.8 Å². The van der Waals surface area contributed by atoms with Crippen LogP contribution in [0.25, 0.3) is 0 Å². The van der Waals surface area contributed by atoms with Crippen molar-refractivity contribution in [2.24, 2.45) is 0 Å². The Hall–Kier alpha value is -0.300. The van der Waals surface area contributed by atoms with Gasteiger partial charge in [0.25, 0.3) is 0 Å². The monoisotopic (exact) mass is 113 g/mol. The summed E-state index contributed by atoms with van der Waals surface area (Å²) in [5, 5.41) is 0. The molecule has 0 saturated carbocycles. The Morgan fingerprint density at radius 3 is 2.75 bits per heavy atom. The molecule has 0 bridgehead atoms. The second-order valence-electron chi connectivity index (χ2n) is 1.79. The van der Waals surface area contributed by atoms with E-state index in [1.165, 1.54) is 5.57 Å². The lowest BCUT2D eigenvalue weighted by molar-refractivity contribution is 0.246. The molecule has 1 heteroatoms. The van der Waals surface area contributed by atoms with Crippen molar-refractivity contribution in [3.05, 3.63) is 18.8 Å². The number of rotatable bonds is 3. The molecule has 0 aliphatic carbocycles. The predicted octanol–water partition coefficient (Wildman–Crippen LogP) is 2.15. The van der Waals surface area contributed by atoms with Gasteiger partial charge in [-0.05, 0) is 20.3 Å². The summed E-state index contributed by atoms with van der Waals surface area (Å²) in [4.78, 5) is 0. The molecule has 0 unspecified atom stereocenters. The third kappa shape index (κ3) is 3.88. The molecule has 0 aromatic rings. The number of hydrogen-bond acceptors (Lipinski definition) is 1. The molecular weight excluding hydrogens is 100 g/mol. The molecule has 0 spiro atoms. The minimum Gasteiger partial charge on any atom is -0.379 e. The van der Waals surface area contributed by atoms with Gasteiger partial charge >= 0.3 is 0 Å². The van der Waals surface area contributed by atoms with Gasteiger partial charge in [0.1, 0.15) is 0 Å². The van der Waals surface area contributed by atoms with Gasteiger partial charge in [-0.2, -0.15) is 0 Å². The van der Waals surface area contributed by atoms with Crippen LogP contribution >= 0.6 is 0 Å². The van der Waals surface area contributed by atoms with E-state index in [4.69, 9.17) is 0 Å². The average Bonchev–Trinajstić information content (AvgIpc) is 1.83. The first-order valence-corrected chi connectivity index (χ1v) is 2.80. The fourth-order valence-corrected chi connectivity index (χ4v) is 0.377. The lowest BCUT2D eigenvalue weighted by Crippen LogP contribution is -1.86. The van der Waals surface area contributed by atoms with Crippen molar-refractivity contribution in [2.45, 2.75) is 20.3 Å². The number of ether oxygens (including phenoxy) is 1. The van der Waals surface area contributed by atoms with E-state index in [9.17, 15) is 0 Å². The lowest BCUT2D eigenvalue weighted by atomic mass is 10.2. The Bertz CT molecular complexity index is 74.5. The first kappa shape index (κ1) is 7.70. The molecule has 47 valence electrons. The van der Waals surface area contributed by atoms with Crippen LogP contribution in [-0.4, -0.2) is 6.61 Å². The zero-order chi connectivity index (χ0) is 6.41. The first-order chi connectivity index (χ1) is 3.81. The summed E-state index contributed by atoms with van der Waals surface area (Å²) in [5.41, 5.74) is 1.36. The van der Waals surface area contributed by atoms with Gasteiger partial charge in [-0.25, -0.2) is 0 Å². The normalized spacial score (nSPS) is 12.1. The summed E-state index contributed by atoms with van der Waals surface area (Å²) in [7, 11) is 3.26. The maximum atomic E-state index is 4.62. The molecule has 0 fully saturated rings. The number of hydrogen-bond donors (Lipinski definition) is 0. The molecule has 0 heterocycles. The van der Waals surface area contributed by atoms with Crippen molar-refractivity contribution >= 4 is 0 Å². The van der Waals surface area contributed by atoms with E-state index in [1.54, 1.807) is 0 Å². The summed E-state index contributed by atoms with van der Waals surface area (Å²) < 4.78 is 4.62. The standard InChI is InChI=1S/C7H13O/c1-4-7(2)5-6-8-3/h4H,3,5-6H2,1-2H3/b7-4+. The Kier molecular flexibility index (Phi) is 4.67. The number of allylic oxidation sites excluding steroid dienone is 1. The predicted molar refractivity (Wildman–Crippen MR) is 35.4 cm³/mol. The minimum absolute atomic E-state index is 0.732. The van der Waals surface area contributed by atoms with E-state index in [-0.39, 0.29) is 0 Å². The summed E-state index contributed by atoms with van der Waals surface area (Å²) in [6.45, 7) is 4.84. The smallest absolute Gasteiger partial charge is 0.0700 e. The maximum absolute atomic E-state index is 4.62. The molecule has 0 rings (SSSR count). The fraction of sp³-hybridized carbons (Fsp3) is 0.571. The summed E-state index contributed by atoms with van der Waals surface area (Å²) in [6, 6.07) is 0. The zero-order valence-electron chi connectivity index (χ0n) is 5.61. The van der Waals surface area contributed by atoms with Crippen molar-refractivity contribution in [2.75, 3.05) is 6.61 Å². The molecule has 1 radical (unpaired) electrons. The molecule has 0 aromatic heterocycles. The second kappa shape index (κ2) is 4.85. The molecular formula is C7H13O. The summed E-state index contributed by atoms with van der Waals surface area (Å²) >= 11 is 0. The zero-order valence-corrected chi connectivity index (χ0v) is 5.61. The van der Waals surface area contributed by atoms with Crippen molar-refractivity contribution < 1.29 is 4.74 Å². The van der Waals surface area contributed by atoms with E-state index < -0.39 is 0 Å². The first-order valence-electron chi connectivity index (χ1n) is 2.80. The van der Waals surface area contributed by atoms with Gasteiger partial charge in [0.05, 0.1) is 13.7 Å². The molecule has 1 nitrogen and oxygen atoms in total. The molecule has 0 atom stereocenters.